The highest BCUT2D eigenvalue weighted by Crippen LogP contribution is 2.15. The zero-order chi connectivity index (χ0) is 15.1. The monoisotopic (exact) mass is 277 g/mol. The molecule has 0 aliphatic heterocycles. The number of rotatable bonds is 7. The van der Waals surface area contributed by atoms with Crippen molar-refractivity contribution in [2.45, 2.75) is 33.6 Å². The molecule has 4 nitrogen and oxygen atoms in total. The lowest BCUT2D eigenvalue weighted by Gasteiger charge is -2.26. The Morgan fingerprint density at radius 3 is 2.10 bits per heavy atom. The van der Waals surface area contributed by atoms with Gasteiger partial charge in [0.25, 0.3) is 5.91 Å². The normalized spacial score (nSPS) is 10.6. The number of aromatic carboxylic acids is 1. The van der Waals surface area contributed by atoms with Crippen LogP contribution in [-0.4, -0.2) is 35.0 Å². The van der Waals surface area contributed by atoms with Gasteiger partial charge in [0.05, 0.1) is 11.1 Å². The number of carbonyl (C=O) groups excluding carboxylic acids is 1. The number of benzene rings is 1. The van der Waals surface area contributed by atoms with Crippen LogP contribution < -0.4 is 0 Å². The molecule has 1 aromatic rings. The number of hydrogen-bond acceptors (Lipinski definition) is 2. The van der Waals surface area contributed by atoms with E-state index in [-0.39, 0.29) is 17.0 Å². The van der Waals surface area contributed by atoms with E-state index in [0.717, 1.165) is 12.8 Å². The van der Waals surface area contributed by atoms with Gasteiger partial charge >= 0.3 is 5.97 Å². The van der Waals surface area contributed by atoms with Gasteiger partial charge in [0.15, 0.2) is 0 Å². The number of nitrogens with zero attached hydrogens (tertiary/aromatic N) is 1. The molecular formula is C16H23NO3. The van der Waals surface area contributed by atoms with E-state index >= 15 is 0 Å². The van der Waals surface area contributed by atoms with Crippen molar-refractivity contribution in [1.82, 2.24) is 4.90 Å². The minimum atomic E-state index is -1.06. The zero-order valence-corrected chi connectivity index (χ0v) is 12.4. The summed E-state index contributed by atoms with van der Waals surface area (Å²) < 4.78 is 0. The molecule has 0 spiro atoms. The highest BCUT2D eigenvalue weighted by atomic mass is 16.4. The second-order valence-corrected chi connectivity index (χ2v) is 4.88. The lowest BCUT2D eigenvalue weighted by molar-refractivity contribution is 0.0669. The number of amides is 1. The first-order valence-electron chi connectivity index (χ1n) is 7.16. The van der Waals surface area contributed by atoms with Crippen molar-refractivity contribution in [1.29, 1.82) is 0 Å². The third-order valence-electron chi connectivity index (χ3n) is 3.69. The minimum absolute atomic E-state index is 0.0699. The van der Waals surface area contributed by atoms with Crippen molar-refractivity contribution in [3.63, 3.8) is 0 Å². The average Bonchev–Trinajstić information content (AvgIpc) is 2.48. The molecule has 0 unspecified atom stereocenters. The largest absolute Gasteiger partial charge is 0.478 e. The Morgan fingerprint density at radius 1 is 1.10 bits per heavy atom. The van der Waals surface area contributed by atoms with E-state index in [1.54, 1.807) is 23.1 Å². The maximum atomic E-state index is 12.5. The topological polar surface area (TPSA) is 57.6 Å². The number of carboxylic acids is 1. The molecule has 0 saturated carbocycles. The van der Waals surface area contributed by atoms with Gasteiger partial charge in [-0.1, -0.05) is 38.8 Å². The van der Waals surface area contributed by atoms with Crippen LogP contribution in [0.2, 0.25) is 0 Å². The van der Waals surface area contributed by atoms with E-state index in [0.29, 0.717) is 19.0 Å². The molecule has 0 atom stereocenters. The predicted molar refractivity (Wildman–Crippen MR) is 79.1 cm³/mol. The van der Waals surface area contributed by atoms with Crippen LogP contribution in [0.1, 0.15) is 54.3 Å². The Labute approximate surface area is 120 Å². The first kappa shape index (κ1) is 16.2. The summed E-state index contributed by atoms with van der Waals surface area (Å²) in [6.07, 6.45) is 2.03. The zero-order valence-electron chi connectivity index (χ0n) is 12.4. The quantitative estimate of drug-likeness (QED) is 0.832. The standard InChI is InChI=1S/C16H23NO3/c1-4-12(5-2)11-17(6-3)15(18)13-9-7-8-10-14(13)16(19)20/h7-10,12H,4-6,11H2,1-3H3,(H,19,20). The molecule has 0 aliphatic rings. The van der Waals surface area contributed by atoms with E-state index in [4.69, 9.17) is 0 Å². The molecule has 0 bridgehead atoms. The fourth-order valence-corrected chi connectivity index (χ4v) is 2.24. The van der Waals surface area contributed by atoms with Crippen molar-refractivity contribution >= 4 is 11.9 Å². The second kappa shape index (κ2) is 7.68. The van der Waals surface area contributed by atoms with Gasteiger partial charge in [0, 0.05) is 13.1 Å². The van der Waals surface area contributed by atoms with Crippen molar-refractivity contribution in [2.24, 2.45) is 5.92 Å². The summed E-state index contributed by atoms with van der Waals surface area (Å²) in [5.41, 5.74) is 0.341. The van der Waals surface area contributed by atoms with Gasteiger partial charge in [-0.2, -0.15) is 0 Å². The Kier molecular flexibility index (Phi) is 6.22. The average molecular weight is 277 g/mol. The summed E-state index contributed by atoms with van der Waals surface area (Å²) in [6.45, 7) is 7.40. The van der Waals surface area contributed by atoms with E-state index in [1.165, 1.54) is 6.07 Å². The molecule has 0 aromatic heterocycles. The van der Waals surface area contributed by atoms with Gasteiger partial charge in [-0.25, -0.2) is 4.79 Å². The third-order valence-corrected chi connectivity index (χ3v) is 3.69. The maximum absolute atomic E-state index is 12.5. The van der Waals surface area contributed by atoms with Crippen LogP contribution >= 0.6 is 0 Å². The Balaban J connectivity index is 3.00. The molecule has 4 heteroatoms. The first-order chi connectivity index (χ1) is 9.54. The molecular weight excluding hydrogens is 254 g/mol. The van der Waals surface area contributed by atoms with Gasteiger partial charge < -0.3 is 10.0 Å². The Hall–Kier alpha value is -1.84. The number of carboxylic acid groups (broad SMARTS) is 1. The van der Waals surface area contributed by atoms with Gasteiger partial charge in [0.1, 0.15) is 0 Å². The summed E-state index contributed by atoms with van der Waals surface area (Å²) in [4.78, 5) is 25.5. The summed E-state index contributed by atoms with van der Waals surface area (Å²) in [6, 6.07) is 6.39. The lowest BCUT2D eigenvalue weighted by atomic mass is 10.0. The molecule has 0 radical (unpaired) electrons. The van der Waals surface area contributed by atoms with Gasteiger partial charge in [-0.3, -0.25) is 4.79 Å². The van der Waals surface area contributed by atoms with Crippen LogP contribution in [0.5, 0.6) is 0 Å². The summed E-state index contributed by atoms with van der Waals surface area (Å²) in [5.74, 6) is -0.805. The molecule has 110 valence electrons. The fraction of sp³-hybridized carbons (Fsp3) is 0.500. The molecule has 1 amide bonds. The van der Waals surface area contributed by atoms with Gasteiger partial charge in [-0.05, 0) is 25.0 Å². The summed E-state index contributed by atoms with van der Waals surface area (Å²) in [7, 11) is 0. The van der Waals surface area contributed by atoms with Crippen molar-refractivity contribution in [3.05, 3.63) is 35.4 Å². The number of hydrogen-bond donors (Lipinski definition) is 1. The van der Waals surface area contributed by atoms with E-state index in [1.807, 2.05) is 6.92 Å². The Bertz CT molecular complexity index is 467. The highest BCUT2D eigenvalue weighted by molar-refractivity contribution is 6.04. The Morgan fingerprint density at radius 2 is 1.65 bits per heavy atom. The molecule has 0 aliphatic carbocycles. The van der Waals surface area contributed by atoms with Crippen molar-refractivity contribution in [3.8, 4) is 0 Å². The van der Waals surface area contributed by atoms with E-state index < -0.39 is 5.97 Å². The van der Waals surface area contributed by atoms with E-state index in [2.05, 4.69) is 13.8 Å². The molecule has 20 heavy (non-hydrogen) atoms. The molecule has 0 heterocycles. The van der Waals surface area contributed by atoms with Gasteiger partial charge in [0.2, 0.25) is 0 Å². The van der Waals surface area contributed by atoms with Crippen LogP contribution in [0.25, 0.3) is 0 Å². The molecule has 1 rings (SSSR count). The minimum Gasteiger partial charge on any atom is -0.478 e. The van der Waals surface area contributed by atoms with E-state index in [9.17, 15) is 14.7 Å². The predicted octanol–water partition coefficient (Wildman–Crippen LogP) is 3.28. The molecule has 1 aromatic carbocycles. The highest BCUT2D eigenvalue weighted by Gasteiger charge is 2.21. The first-order valence-corrected chi connectivity index (χ1v) is 7.16. The second-order valence-electron chi connectivity index (χ2n) is 4.88. The molecule has 0 saturated heterocycles. The lowest BCUT2D eigenvalue weighted by Crippen LogP contribution is -2.35. The third kappa shape index (κ3) is 3.83. The molecule has 1 N–H and O–H groups in total. The number of carbonyl (C=O) groups is 2. The van der Waals surface area contributed by atoms with Crippen molar-refractivity contribution < 1.29 is 14.7 Å². The van der Waals surface area contributed by atoms with Crippen molar-refractivity contribution in [2.75, 3.05) is 13.1 Å². The fourth-order valence-electron chi connectivity index (χ4n) is 2.24. The van der Waals surface area contributed by atoms with Crippen LogP contribution in [0.3, 0.4) is 0 Å². The molecule has 0 fully saturated rings. The summed E-state index contributed by atoms with van der Waals surface area (Å²) >= 11 is 0. The van der Waals surface area contributed by atoms with Crippen LogP contribution in [0, 0.1) is 5.92 Å². The van der Waals surface area contributed by atoms with Crippen LogP contribution in [0.15, 0.2) is 24.3 Å². The maximum Gasteiger partial charge on any atom is 0.336 e. The van der Waals surface area contributed by atoms with Gasteiger partial charge in [-0.15, -0.1) is 0 Å². The van der Waals surface area contributed by atoms with Crippen LogP contribution in [-0.2, 0) is 0 Å². The summed E-state index contributed by atoms with van der Waals surface area (Å²) in [5, 5.41) is 9.17. The smallest absolute Gasteiger partial charge is 0.336 e. The van der Waals surface area contributed by atoms with Crippen LogP contribution in [0.4, 0.5) is 0 Å². The SMILES string of the molecule is CCC(CC)CN(CC)C(=O)c1ccccc1C(=O)O.